The summed E-state index contributed by atoms with van der Waals surface area (Å²) < 4.78 is 0. The van der Waals surface area contributed by atoms with E-state index in [0.29, 0.717) is 4.99 Å². The van der Waals surface area contributed by atoms with Gasteiger partial charge >= 0.3 is 0 Å². The first-order chi connectivity index (χ1) is 10.1. The summed E-state index contributed by atoms with van der Waals surface area (Å²) in [7, 11) is 0. The molecule has 3 rings (SSSR count). The van der Waals surface area contributed by atoms with Gasteiger partial charge in [0.05, 0.1) is 5.52 Å². The molecule has 1 aromatic carbocycles. The van der Waals surface area contributed by atoms with E-state index < -0.39 is 0 Å². The van der Waals surface area contributed by atoms with E-state index in [-0.39, 0.29) is 0 Å². The van der Waals surface area contributed by atoms with E-state index in [1.165, 1.54) is 19.3 Å². The van der Waals surface area contributed by atoms with E-state index in [1.807, 2.05) is 24.3 Å². The van der Waals surface area contributed by atoms with Gasteiger partial charge in [-0.15, -0.1) is 0 Å². The van der Waals surface area contributed by atoms with Gasteiger partial charge in [0.15, 0.2) is 0 Å². The smallest absolute Gasteiger partial charge is 0.129 e. The maximum atomic E-state index is 5.92. The van der Waals surface area contributed by atoms with Crippen molar-refractivity contribution >= 4 is 33.9 Å². The average molecular weight is 299 g/mol. The Hall–Kier alpha value is -1.68. The van der Waals surface area contributed by atoms with Gasteiger partial charge in [0.25, 0.3) is 0 Å². The summed E-state index contributed by atoms with van der Waals surface area (Å²) in [5.74, 6) is 1.80. The largest absolute Gasteiger partial charge is 0.389 e. The predicted molar refractivity (Wildman–Crippen MR) is 92.9 cm³/mol. The molecule has 0 spiro atoms. The normalized spacial score (nSPS) is 19.5. The number of pyridine rings is 1. The third-order valence-electron chi connectivity index (χ3n) is 4.31. The standard InChI is InChI=1S/C17H21N3S/c1-12-5-4-9-20(10-8-12)16-11-14(17(18)21)13-6-2-3-7-15(13)19-16/h2-3,6-7,11-12H,4-5,8-10H2,1H3,(H2,18,21). The Morgan fingerprint density at radius 1 is 1.29 bits per heavy atom. The van der Waals surface area contributed by atoms with Crippen molar-refractivity contribution in [1.82, 2.24) is 4.98 Å². The summed E-state index contributed by atoms with van der Waals surface area (Å²) >= 11 is 5.23. The topological polar surface area (TPSA) is 42.1 Å². The Kier molecular flexibility index (Phi) is 4.06. The highest BCUT2D eigenvalue weighted by Gasteiger charge is 2.17. The summed E-state index contributed by atoms with van der Waals surface area (Å²) in [5.41, 5.74) is 7.82. The molecule has 1 atom stereocenters. The van der Waals surface area contributed by atoms with Crippen LogP contribution < -0.4 is 10.6 Å². The van der Waals surface area contributed by atoms with Crippen LogP contribution in [0.3, 0.4) is 0 Å². The quantitative estimate of drug-likeness (QED) is 0.862. The first kappa shape index (κ1) is 14.3. The zero-order valence-corrected chi connectivity index (χ0v) is 13.2. The van der Waals surface area contributed by atoms with Crippen molar-refractivity contribution < 1.29 is 0 Å². The molecule has 1 saturated heterocycles. The molecule has 3 nitrogen and oxygen atoms in total. The molecule has 0 radical (unpaired) electrons. The Bertz CT molecular complexity index is 668. The summed E-state index contributed by atoms with van der Waals surface area (Å²) in [6.45, 7) is 4.45. The molecule has 2 N–H and O–H groups in total. The number of anilines is 1. The van der Waals surface area contributed by atoms with Crippen molar-refractivity contribution in [1.29, 1.82) is 0 Å². The zero-order valence-electron chi connectivity index (χ0n) is 12.4. The molecule has 1 aliphatic heterocycles. The highest BCUT2D eigenvalue weighted by Crippen LogP contribution is 2.26. The number of rotatable bonds is 2. The molecule has 1 unspecified atom stereocenters. The van der Waals surface area contributed by atoms with Gasteiger partial charge in [-0.3, -0.25) is 0 Å². The first-order valence-corrected chi connectivity index (χ1v) is 8.00. The number of para-hydroxylation sites is 1. The van der Waals surface area contributed by atoms with E-state index in [9.17, 15) is 0 Å². The molecule has 0 bridgehead atoms. The van der Waals surface area contributed by atoms with Crippen LogP contribution in [-0.4, -0.2) is 23.1 Å². The number of hydrogen-bond acceptors (Lipinski definition) is 3. The molecular weight excluding hydrogens is 278 g/mol. The molecular formula is C17H21N3S. The fourth-order valence-corrected chi connectivity index (χ4v) is 3.19. The number of benzene rings is 1. The highest BCUT2D eigenvalue weighted by molar-refractivity contribution is 7.80. The predicted octanol–water partition coefficient (Wildman–Crippen LogP) is 3.50. The average Bonchev–Trinajstić information content (AvgIpc) is 2.70. The van der Waals surface area contributed by atoms with Gasteiger partial charge in [0.2, 0.25) is 0 Å². The Morgan fingerprint density at radius 3 is 2.90 bits per heavy atom. The van der Waals surface area contributed by atoms with Crippen LogP contribution in [-0.2, 0) is 0 Å². The second-order valence-corrected chi connectivity index (χ2v) is 6.37. The number of fused-ring (bicyclic) bond motifs is 1. The Labute approximate surface area is 131 Å². The van der Waals surface area contributed by atoms with Crippen molar-refractivity contribution in [3.63, 3.8) is 0 Å². The van der Waals surface area contributed by atoms with Crippen LogP contribution in [0.1, 0.15) is 31.7 Å². The lowest BCUT2D eigenvalue weighted by Crippen LogP contribution is -2.26. The van der Waals surface area contributed by atoms with Crippen molar-refractivity contribution in [3.05, 3.63) is 35.9 Å². The van der Waals surface area contributed by atoms with E-state index in [0.717, 1.165) is 41.3 Å². The van der Waals surface area contributed by atoms with Crippen LogP contribution in [0, 0.1) is 5.92 Å². The molecule has 1 aliphatic rings. The van der Waals surface area contributed by atoms with E-state index in [2.05, 4.69) is 17.9 Å². The van der Waals surface area contributed by atoms with Crippen molar-refractivity contribution in [3.8, 4) is 0 Å². The molecule has 2 aromatic rings. The summed E-state index contributed by atoms with van der Waals surface area (Å²) in [6, 6.07) is 10.1. The Balaban J connectivity index is 2.04. The lowest BCUT2D eigenvalue weighted by Gasteiger charge is -2.23. The fraction of sp³-hybridized carbons (Fsp3) is 0.412. The third kappa shape index (κ3) is 3.00. The minimum Gasteiger partial charge on any atom is -0.389 e. The van der Waals surface area contributed by atoms with Gasteiger partial charge in [0, 0.05) is 24.0 Å². The molecule has 110 valence electrons. The molecule has 4 heteroatoms. The number of nitrogens with two attached hydrogens (primary N) is 1. The van der Waals surface area contributed by atoms with E-state index in [4.69, 9.17) is 22.9 Å². The monoisotopic (exact) mass is 299 g/mol. The number of nitrogens with zero attached hydrogens (tertiary/aromatic N) is 2. The molecule has 1 aromatic heterocycles. The van der Waals surface area contributed by atoms with Crippen LogP contribution in [0.25, 0.3) is 10.9 Å². The minimum absolute atomic E-state index is 0.443. The third-order valence-corrected chi connectivity index (χ3v) is 4.53. The van der Waals surface area contributed by atoms with Crippen LogP contribution in [0.4, 0.5) is 5.82 Å². The molecule has 0 amide bonds. The molecule has 21 heavy (non-hydrogen) atoms. The van der Waals surface area contributed by atoms with Crippen LogP contribution in [0.2, 0.25) is 0 Å². The number of aromatic nitrogens is 1. The van der Waals surface area contributed by atoms with Gasteiger partial charge in [-0.25, -0.2) is 4.98 Å². The van der Waals surface area contributed by atoms with Crippen LogP contribution in [0.15, 0.2) is 30.3 Å². The van der Waals surface area contributed by atoms with Crippen molar-refractivity contribution in [2.75, 3.05) is 18.0 Å². The minimum atomic E-state index is 0.443. The van der Waals surface area contributed by atoms with Crippen molar-refractivity contribution in [2.24, 2.45) is 11.7 Å². The maximum absolute atomic E-state index is 5.92. The highest BCUT2D eigenvalue weighted by atomic mass is 32.1. The molecule has 0 saturated carbocycles. The van der Waals surface area contributed by atoms with Gasteiger partial charge < -0.3 is 10.6 Å². The first-order valence-electron chi connectivity index (χ1n) is 7.59. The SMILES string of the molecule is CC1CCCN(c2cc(C(N)=S)c3ccccc3n2)CC1. The van der Waals surface area contributed by atoms with E-state index >= 15 is 0 Å². The van der Waals surface area contributed by atoms with Crippen LogP contribution in [0.5, 0.6) is 0 Å². The zero-order chi connectivity index (χ0) is 14.8. The second-order valence-electron chi connectivity index (χ2n) is 5.93. The number of thiocarbonyl (C=S) groups is 1. The molecule has 1 fully saturated rings. The van der Waals surface area contributed by atoms with Gasteiger partial charge in [-0.2, -0.15) is 0 Å². The fourth-order valence-electron chi connectivity index (χ4n) is 3.02. The maximum Gasteiger partial charge on any atom is 0.129 e. The summed E-state index contributed by atoms with van der Waals surface area (Å²) in [4.78, 5) is 7.63. The van der Waals surface area contributed by atoms with Gasteiger partial charge in [-0.05, 0) is 37.3 Å². The summed E-state index contributed by atoms with van der Waals surface area (Å²) in [6.07, 6.45) is 3.74. The Morgan fingerprint density at radius 2 is 2.10 bits per heavy atom. The van der Waals surface area contributed by atoms with Crippen LogP contribution >= 0.6 is 12.2 Å². The second kappa shape index (κ2) is 5.98. The van der Waals surface area contributed by atoms with Crippen molar-refractivity contribution in [2.45, 2.75) is 26.2 Å². The van der Waals surface area contributed by atoms with Gasteiger partial charge in [0.1, 0.15) is 10.8 Å². The lowest BCUT2D eigenvalue weighted by molar-refractivity contribution is 0.521. The van der Waals surface area contributed by atoms with E-state index in [1.54, 1.807) is 0 Å². The van der Waals surface area contributed by atoms with Gasteiger partial charge in [-0.1, -0.05) is 37.3 Å². The summed E-state index contributed by atoms with van der Waals surface area (Å²) in [5, 5.41) is 1.04. The number of hydrogen-bond donors (Lipinski definition) is 1. The molecule has 0 aliphatic carbocycles. The molecule has 2 heterocycles. The lowest BCUT2D eigenvalue weighted by atomic mass is 10.0.